The quantitative estimate of drug-likeness (QED) is 0.841. The monoisotopic (exact) mass is 338 g/mol. The Morgan fingerprint density at radius 1 is 1.20 bits per heavy atom. The van der Waals surface area contributed by atoms with Crippen LogP contribution in [0.1, 0.15) is 35.7 Å². The maximum atomic E-state index is 12.7. The minimum Gasteiger partial charge on any atom is -0.370 e. The van der Waals surface area contributed by atoms with E-state index in [1.165, 1.54) is 18.4 Å². The molecule has 1 aliphatic heterocycles. The number of aromatic nitrogens is 2. The van der Waals surface area contributed by atoms with E-state index in [4.69, 9.17) is 0 Å². The van der Waals surface area contributed by atoms with E-state index in [0.29, 0.717) is 12.1 Å². The smallest absolute Gasteiger partial charge is 0.255 e. The molecule has 2 aromatic rings. The number of pyridine rings is 2. The van der Waals surface area contributed by atoms with E-state index < -0.39 is 0 Å². The Labute approximate surface area is 149 Å². The van der Waals surface area contributed by atoms with Gasteiger partial charge in [0.2, 0.25) is 0 Å². The van der Waals surface area contributed by atoms with Crippen LogP contribution in [0.25, 0.3) is 0 Å². The molecular weight excluding hydrogens is 312 g/mol. The van der Waals surface area contributed by atoms with Gasteiger partial charge in [0.15, 0.2) is 0 Å². The zero-order valence-electron chi connectivity index (χ0n) is 15.1. The summed E-state index contributed by atoms with van der Waals surface area (Å²) in [5.41, 5.74) is 2.90. The molecule has 1 fully saturated rings. The summed E-state index contributed by atoms with van der Waals surface area (Å²) in [6.45, 7) is 5.05. The second-order valence-corrected chi connectivity index (χ2v) is 6.93. The average molecular weight is 338 g/mol. The second kappa shape index (κ2) is 8.10. The Bertz CT molecular complexity index is 696. The predicted octanol–water partition coefficient (Wildman–Crippen LogP) is 3.03. The maximum absolute atomic E-state index is 12.7. The van der Waals surface area contributed by atoms with Gasteiger partial charge in [0.05, 0.1) is 17.4 Å². The zero-order chi connectivity index (χ0) is 17.6. The summed E-state index contributed by atoms with van der Waals surface area (Å²) in [6, 6.07) is 5.95. The minimum absolute atomic E-state index is 0.0220. The van der Waals surface area contributed by atoms with Crippen molar-refractivity contribution in [3.63, 3.8) is 0 Å². The van der Waals surface area contributed by atoms with Crippen molar-refractivity contribution in [2.24, 2.45) is 5.92 Å². The molecule has 0 aromatic carbocycles. The van der Waals surface area contributed by atoms with Crippen LogP contribution < -0.4 is 4.90 Å². The molecule has 0 unspecified atom stereocenters. The number of hydrogen-bond acceptors (Lipinski definition) is 4. The fourth-order valence-electron chi connectivity index (χ4n) is 3.15. The van der Waals surface area contributed by atoms with E-state index in [1.54, 1.807) is 23.5 Å². The largest absolute Gasteiger partial charge is 0.370 e. The van der Waals surface area contributed by atoms with E-state index in [9.17, 15) is 4.79 Å². The number of hydrogen-bond donors (Lipinski definition) is 0. The van der Waals surface area contributed by atoms with E-state index in [-0.39, 0.29) is 5.91 Å². The molecule has 0 spiro atoms. The third-order valence-corrected chi connectivity index (χ3v) is 4.95. The first-order valence-corrected chi connectivity index (χ1v) is 8.98. The molecule has 2 aromatic heterocycles. The van der Waals surface area contributed by atoms with Gasteiger partial charge in [-0.3, -0.25) is 14.8 Å². The summed E-state index contributed by atoms with van der Waals surface area (Å²) in [4.78, 5) is 25.1. The third kappa shape index (κ3) is 4.56. The Kier molecular flexibility index (Phi) is 5.64. The van der Waals surface area contributed by atoms with Crippen molar-refractivity contribution in [1.82, 2.24) is 14.9 Å². The molecule has 0 aliphatic carbocycles. The predicted molar refractivity (Wildman–Crippen MR) is 99.7 cm³/mol. The SMILES string of the molecule is CC1CCN(c2cncc(C(=O)N(C)CCc3ccncc3)c2)CC1. The first-order chi connectivity index (χ1) is 12.1. The Balaban J connectivity index is 1.62. The van der Waals surface area contributed by atoms with Gasteiger partial charge >= 0.3 is 0 Å². The fourth-order valence-corrected chi connectivity index (χ4v) is 3.15. The molecule has 1 amide bonds. The number of amides is 1. The highest BCUT2D eigenvalue weighted by Crippen LogP contribution is 2.23. The van der Waals surface area contributed by atoms with Gasteiger partial charge in [0.1, 0.15) is 0 Å². The van der Waals surface area contributed by atoms with Crippen LogP contribution in [0.15, 0.2) is 43.0 Å². The normalized spacial score (nSPS) is 15.2. The molecule has 1 saturated heterocycles. The van der Waals surface area contributed by atoms with Gasteiger partial charge in [-0.1, -0.05) is 6.92 Å². The van der Waals surface area contributed by atoms with E-state index in [2.05, 4.69) is 21.8 Å². The summed E-state index contributed by atoms with van der Waals surface area (Å²) in [6.07, 6.45) is 10.3. The minimum atomic E-state index is 0.0220. The van der Waals surface area contributed by atoms with Gasteiger partial charge in [-0.15, -0.1) is 0 Å². The number of anilines is 1. The molecule has 0 bridgehead atoms. The molecule has 0 atom stereocenters. The highest BCUT2D eigenvalue weighted by Gasteiger charge is 2.18. The first kappa shape index (κ1) is 17.4. The van der Waals surface area contributed by atoms with Gasteiger partial charge in [-0.2, -0.15) is 0 Å². The topological polar surface area (TPSA) is 49.3 Å². The number of likely N-dealkylation sites (N-methyl/N-ethyl adjacent to an activating group) is 1. The van der Waals surface area contributed by atoms with Crippen LogP contribution in [0.4, 0.5) is 5.69 Å². The molecule has 0 N–H and O–H groups in total. The maximum Gasteiger partial charge on any atom is 0.255 e. The molecule has 0 saturated carbocycles. The molecule has 25 heavy (non-hydrogen) atoms. The van der Waals surface area contributed by atoms with Gasteiger partial charge in [0, 0.05) is 45.3 Å². The summed E-state index contributed by atoms with van der Waals surface area (Å²) < 4.78 is 0. The van der Waals surface area contributed by atoms with Crippen LogP contribution in [0.3, 0.4) is 0 Å². The number of rotatable bonds is 5. The molecule has 3 heterocycles. The number of carbonyl (C=O) groups excluding carboxylic acids is 1. The van der Waals surface area contributed by atoms with Crippen LogP contribution in [0.2, 0.25) is 0 Å². The molecule has 5 nitrogen and oxygen atoms in total. The lowest BCUT2D eigenvalue weighted by Gasteiger charge is -2.32. The Morgan fingerprint density at radius 2 is 1.92 bits per heavy atom. The van der Waals surface area contributed by atoms with Crippen molar-refractivity contribution in [3.8, 4) is 0 Å². The molecule has 3 rings (SSSR count). The van der Waals surface area contributed by atoms with Crippen LogP contribution in [-0.2, 0) is 6.42 Å². The summed E-state index contributed by atoms with van der Waals surface area (Å²) >= 11 is 0. The second-order valence-electron chi connectivity index (χ2n) is 6.93. The summed E-state index contributed by atoms with van der Waals surface area (Å²) in [5, 5.41) is 0. The standard InChI is InChI=1S/C20H26N4O/c1-16-5-11-24(12-6-16)19-13-18(14-22-15-19)20(25)23(2)10-7-17-3-8-21-9-4-17/h3-4,8-9,13-16H,5-7,10-12H2,1-2H3. The van der Waals surface area contributed by atoms with Gasteiger partial charge < -0.3 is 9.80 Å². The molecular formula is C20H26N4O. The lowest BCUT2D eigenvalue weighted by Crippen LogP contribution is -2.33. The molecule has 132 valence electrons. The third-order valence-electron chi connectivity index (χ3n) is 4.95. The Morgan fingerprint density at radius 3 is 2.64 bits per heavy atom. The number of piperidine rings is 1. The van der Waals surface area contributed by atoms with Crippen LogP contribution >= 0.6 is 0 Å². The van der Waals surface area contributed by atoms with E-state index >= 15 is 0 Å². The molecule has 5 heteroatoms. The first-order valence-electron chi connectivity index (χ1n) is 8.98. The van der Waals surface area contributed by atoms with Crippen molar-refractivity contribution >= 4 is 11.6 Å². The van der Waals surface area contributed by atoms with Gasteiger partial charge in [-0.05, 0) is 48.9 Å². The van der Waals surface area contributed by atoms with Crippen LogP contribution in [-0.4, -0.2) is 47.5 Å². The highest BCUT2D eigenvalue weighted by molar-refractivity contribution is 5.94. The average Bonchev–Trinajstić information content (AvgIpc) is 2.67. The van der Waals surface area contributed by atoms with Crippen LogP contribution in [0, 0.1) is 5.92 Å². The van der Waals surface area contributed by atoms with Crippen LogP contribution in [0.5, 0.6) is 0 Å². The van der Waals surface area contributed by atoms with Crippen molar-refractivity contribution < 1.29 is 4.79 Å². The lowest BCUT2D eigenvalue weighted by molar-refractivity contribution is 0.0796. The summed E-state index contributed by atoms with van der Waals surface area (Å²) in [5.74, 6) is 0.808. The summed E-state index contributed by atoms with van der Waals surface area (Å²) in [7, 11) is 1.85. The molecule has 1 aliphatic rings. The number of nitrogens with zero attached hydrogens (tertiary/aromatic N) is 4. The Hall–Kier alpha value is -2.43. The van der Waals surface area contributed by atoms with Crippen molar-refractivity contribution in [3.05, 3.63) is 54.1 Å². The van der Waals surface area contributed by atoms with Gasteiger partial charge in [0.25, 0.3) is 5.91 Å². The van der Waals surface area contributed by atoms with Crippen molar-refractivity contribution in [2.75, 3.05) is 31.6 Å². The van der Waals surface area contributed by atoms with Crippen molar-refractivity contribution in [1.29, 1.82) is 0 Å². The van der Waals surface area contributed by atoms with Gasteiger partial charge in [-0.25, -0.2) is 0 Å². The zero-order valence-corrected chi connectivity index (χ0v) is 15.1. The van der Waals surface area contributed by atoms with E-state index in [1.807, 2.05) is 31.4 Å². The highest BCUT2D eigenvalue weighted by atomic mass is 16.2. The lowest BCUT2D eigenvalue weighted by atomic mass is 9.99. The van der Waals surface area contributed by atoms with E-state index in [0.717, 1.165) is 31.1 Å². The molecule has 0 radical (unpaired) electrons. The number of carbonyl (C=O) groups is 1. The van der Waals surface area contributed by atoms with Crippen molar-refractivity contribution in [2.45, 2.75) is 26.2 Å². The fraction of sp³-hybridized carbons (Fsp3) is 0.450.